The highest BCUT2D eigenvalue weighted by Gasteiger charge is 2.38. The first-order valence-electron chi connectivity index (χ1n) is 7.70. The number of nitrogens with zero attached hydrogens (tertiary/aromatic N) is 5. The number of halogens is 3. The van der Waals surface area contributed by atoms with Crippen LogP contribution in [-0.4, -0.2) is 45.0 Å². The lowest BCUT2D eigenvalue weighted by atomic mass is 9.98. The maximum atomic E-state index is 13.0. The SMILES string of the molecule is CN(c1ccc2nnc(C(F)(F)F)n2n1)C1CC2CCC(C1)N2. The van der Waals surface area contributed by atoms with Crippen molar-refractivity contribution in [1.82, 2.24) is 25.1 Å². The molecule has 2 fully saturated rings. The largest absolute Gasteiger partial charge is 0.453 e. The summed E-state index contributed by atoms with van der Waals surface area (Å²) in [4.78, 5) is 1.98. The van der Waals surface area contributed by atoms with Crippen molar-refractivity contribution in [2.75, 3.05) is 11.9 Å². The van der Waals surface area contributed by atoms with Gasteiger partial charge in [-0.15, -0.1) is 15.3 Å². The van der Waals surface area contributed by atoms with E-state index in [-0.39, 0.29) is 11.7 Å². The van der Waals surface area contributed by atoms with Crippen LogP contribution >= 0.6 is 0 Å². The number of hydrogen-bond acceptors (Lipinski definition) is 5. The molecular weight excluding hydrogens is 309 g/mol. The standard InChI is InChI=1S/C14H17F3N6/c1-22(10-6-8-2-3-9(7-10)18-8)12-5-4-11-19-20-13(14(15,16)17)23(11)21-12/h4-5,8-10,18H,2-3,6-7H2,1H3. The van der Waals surface area contributed by atoms with Crippen molar-refractivity contribution < 1.29 is 13.2 Å². The highest BCUT2D eigenvalue weighted by Crippen LogP contribution is 2.32. The van der Waals surface area contributed by atoms with E-state index >= 15 is 0 Å². The zero-order chi connectivity index (χ0) is 16.2. The van der Waals surface area contributed by atoms with Crippen molar-refractivity contribution in [3.63, 3.8) is 0 Å². The minimum Gasteiger partial charge on any atom is -0.355 e. The Morgan fingerprint density at radius 2 is 1.87 bits per heavy atom. The third-order valence-electron chi connectivity index (χ3n) is 4.86. The molecule has 0 aromatic carbocycles. The fourth-order valence-electron chi connectivity index (χ4n) is 3.67. The Kier molecular flexibility index (Phi) is 3.22. The van der Waals surface area contributed by atoms with Crippen molar-refractivity contribution in [1.29, 1.82) is 0 Å². The lowest BCUT2D eigenvalue weighted by Crippen LogP contribution is -2.47. The second kappa shape index (κ2) is 5.05. The summed E-state index contributed by atoms with van der Waals surface area (Å²) in [7, 11) is 1.89. The second-order valence-electron chi connectivity index (χ2n) is 6.36. The Bertz CT molecular complexity index is 715. The number of alkyl halides is 3. The number of rotatable bonds is 2. The monoisotopic (exact) mass is 326 g/mol. The van der Waals surface area contributed by atoms with Gasteiger partial charge in [-0.05, 0) is 37.8 Å². The molecule has 0 amide bonds. The van der Waals surface area contributed by atoms with Crippen LogP contribution in [0.25, 0.3) is 5.65 Å². The van der Waals surface area contributed by atoms with Gasteiger partial charge in [-0.1, -0.05) is 0 Å². The summed E-state index contributed by atoms with van der Waals surface area (Å²) >= 11 is 0. The molecule has 0 saturated carbocycles. The number of aromatic nitrogens is 4. The third-order valence-corrected chi connectivity index (χ3v) is 4.86. The van der Waals surface area contributed by atoms with Crippen LogP contribution in [0.3, 0.4) is 0 Å². The van der Waals surface area contributed by atoms with Crippen LogP contribution in [0.15, 0.2) is 12.1 Å². The molecule has 2 atom stereocenters. The fourth-order valence-corrected chi connectivity index (χ4v) is 3.67. The lowest BCUT2D eigenvalue weighted by Gasteiger charge is -2.36. The molecule has 4 rings (SSSR count). The highest BCUT2D eigenvalue weighted by molar-refractivity contribution is 5.46. The number of piperidine rings is 1. The molecular formula is C14H17F3N6. The van der Waals surface area contributed by atoms with E-state index in [1.165, 1.54) is 18.9 Å². The summed E-state index contributed by atoms with van der Waals surface area (Å²) in [5, 5.41) is 14.4. The highest BCUT2D eigenvalue weighted by atomic mass is 19.4. The van der Waals surface area contributed by atoms with Crippen LogP contribution in [-0.2, 0) is 6.18 Å². The van der Waals surface area contributed by atoms with Gasteiger partial charge in [0.1, 0.15) is 5.82 Å². The minimum atomic E-state index is -4.57. The Labute approximate surface area is 130 Å². The van der Waals surface area contributed by atoms with Crippen molar-refractivity contribution in [2.24, 2.45) is 0 Å². The Balaban J connectivity index is 1.65. The zero-order valence-corrected chi connectivity index (χ0v) is 12.6. The molecule has 1 N–H and O–H groups in total. The van der Waals surface area contributed by atoms with Gasteiger partial charge in [0.15, 0.2) is 5.65 Å². The fraction of sp³-hybridized carbons (Fsp3) is 0.643. The minimum absolute atomic E-state index is 0.0971. The first-order chi connectivity index (χ1) is 10.9. The summed E-state index contributed by atoms with van der Waals surface area (Å²) < 4.78 is 39.7. The predicted molar refractivity (Wildman–Crippen MR) is 77.2 cm³/mol. The molecule has 2 bridgehead atoms. The Hall–Kier alpha value is -1.90. The van der Waals surface area contributed by atoms with Crippen molar-refractivity contribution >= 4 is 11.5 Å². The molecule has 6 nitrogen and oxygen atoms in total. The predicted octanol–water partition coefficient (Wildman–Crippen LogP) is 1.86. The molecule has 4 heterocycles. The molecule has 2 aliphatic rings. The molecule has 23 heavy (non-hydrogen) atoms. The van der Waals surface area contributed by atoms with E-state index < -0.39 is 12.0 Å². The van der Waals surface area contributed by atoms with E-state index in [0.29, 0.717) is 17.9 Å². The second-order valence-corrected chi connectivity index (χ2v) is 6.36. The molecule has 124 valence electrons. The van der Waals surface area contributed by atoms with Crippen LogP contribution < -0.4 is 10.2 Å². The number of fused-ring (bicyclic) bond motifs is 3. The van der Waals surface area contributed by atoms with Gasteiger partial charge in [-0.25, -0.2) is 0 Å². The molecule has 0 radical (unpaired) electrons. The van der Waals surface area contributed by atoms with Gasteiger partial charge in [-0.3, -0.25) is 0 Å². The smallest absolute Gasteiger partial charge is 0.355 e. The molecule has 0 spiro atoms. The number of nitrogens with one attached hydrogen (secondary N) is 1. The molecule has 0 aliphatic carbocycles. The number of hydrogen-bond donors (Lipinski definition) is 1. The maximum absolute atomic E-state index is 13.0. The van der Waals surface area contributed by atoms with Crippen LogP contribution in [0, 0.1) is 0 Å². The molecule has 9 heteroatoms. The van der Waals surface area contributed by atoms with Gasteiger partial charge in [0.05, 0.1) is 0 Å². The average Bonchev–Trinajstić information content (AvgIpc) is 3.08. The van der Waals surface area contributed by atoms with Crippen molar-refractivity contribution in [2.45, 2.75) is 50.0 Å². The first-order valence-corrected chi connectivity index (χ1v) is 7.70. The van der Waals surface area contributed by atoms with Gasteiger partial charge >= 0.3 is 6.18 Å². The van der Waals surface area contributed by atoms with E-state index in [1.54, 1.807) is 6.07 Å². The molecule has 2 aromatic rings. The molecule has 2 aromatic heterocycles. The summed E-state index contributed by atoms with van der Waals surface area (Å²) in [6.07, 6.45) is -0.254. The lowest BCUT2D eigenvalue weighted by molar-refractivity contribution is -0.146. The summed E-state index contributed by atoms with van der Waals surface area (Å²) in [5.74, 6) is -0.581. The summed E-state index contributed by atoms with van der Waals surface area (Å²) in [5.41, 5.74) is 0.0971. The van der Waals surface area contributed by atoms with Crippen molar-refractivity contribution in [3.8, 4) is 0 Å². The molecule has 2 unspecified atom stereocenters. The number of anilines is 1. The molecule has 2 saturated heterocycles. The van der Waals surface area contributed by atoms with Gasteiger partial charge in [0, 0.05) is 25.2 Å². The van der Waals surface area contributed by atoms with Crippen LogP contribution in [0.1, 0.15) is 31.5 Å². The molecule has 2 aliphatic heterocycles. The van der Waals surface area contributed by atoms with E-state index in [2.05, 4.69) is 20.6 Å². The summed E-state index contributed by atoms with van der Waals surface area (Å²) in [6.45, 7) is 0. The van der Waals surface area contributed by atoms with E-state index in [1.807, 2.05) is 11.9 Å². The van der Waals surface area contributed by atoms with Crippen LogP contribution in [0.4, 0.5) is 19.0 Å². The third kappa shape index (κ3) is 2.52. The normalized spacial score (nSPS) is 27.6. The first kappa shape index (κ1) is 14.7. The summed E-state index contributed by atoms with van der Waals surface area (Å²) in [6, 6.07) is 4.52. The van der Waals surface area contributed by atoms with Gasteiger partial charge in [-0.2, -0.15) is 17.7 Å². The maximum Gasteiger partial charge on any atom is 0.453 e. The van der Waals surface area contributed by atoms with Crippen LogP contribution in [0.5, 0.6) is 0 Å². The van der Waals surface area contributed by atoms with Crippen LogP contribution in [0.2, 0.25) is 0 Å². The van der Waals surface area contributed by atoms with E-state index in [9.17, 15) is 13.2 Å². The van der Waals surface area contributed by atoms with E-state index in [4.69, 9.17) is 0 Å². The quantitative estimate of drug-likeness (QED) is 0.913. The zero-order valence-electron chi connectivity index (χ0n) is 12.6. The Morgan fingerprint density at radius 1 is 1.17 bits per heavy atom. The van der Waals surface area contributed by atoms with Gasteiger partial charge < -0.3 is 10.2 Å². The van der Waals surface area contributed by atoms with E-state index in [0.717, 1.165) is 17.4 Å². The van der Waals surface area contributed by atoms with Crippen molar-refractivity contribution in [3.05, 3.63) is 18.0 Å². The van der Waals surface area contributed by atoms with Gasteiger partial charge in [0.25, 0.3) is 5.82 Å². The topological polar surface area (TPSA) is 58.4 Å². The average molecular weight is 326 g/mol. The van der Waals surface area contributed by atoms with Gasteiger partial charge in [0.2, 0.25) is 0 Å². The Morgan fingerprint density at radius 3 is 2.52 bits per heavy atom.